The van der Waals surface area contributed by atoms with Gasteiger partial charge in [-0.15, -0.1) is 0 Å². The van der Waals surface area contributed by atoms with E-state index in [0.717, 1.165) is 5.56 Å². The fourth-order valence-corrected chi connectivity index (χ4v) is 3.97. The number of carbonyl (C=O) groups excluding carboxylic acids is 1. The summed E-state index contributed by atoms with van der Waals surface area (Å²) in [6.07, 6.45) is 1.62. The molecule has 3 aromatic carbocycles. The van der Waals surface area contributed by atoms with Gasteiger partial charge in [0.1, 0.15) is 0 Å². The number of rotatable bonds is 7. The molecule has 154 valence electrons. The zero-order valence-corrected chi connectivity index (χ0v) is 17.7. The van der Waals surface area contributed by atoms with Crippen molar-refractivity contribution >= 4 is 39.4 Å². The topological polar surface area (TPSA) is 87.6 Å². The van der Waals surface area contributed by atoms with E-state index in [-0.39, 0.29) is 16.4 Å². The van der Waals surface area contributed by atoms with Crippen LogP contribution in [0.15, 0.2) is 88.9 Å². The monoisotopic (exact) mass is 441 g/mol. The molecule has 0 aliphatic heterocycles. The Balaban J connectivity index is 1.69. The second-order valence-corrected chi connectivity index (χ2v) is 8.68. The highest BCUT2D eigenvalue weighted by Crippen LogP contribution is 2.20. The van der Waals surface area contributed by atoms with Crippen LogP contribution in [-0.4, -0.2) is 20.5 Å². The minimum absolute atomic E-state index is 0.0140. The summed E-state index contributed by atoms with van der Waals surface area (Å²) in [5.41, 5.74) is 4.00. The average Bonchev–Trinajstić information content (AvgIpc) is 2.74. The van der Waals surface area contributed by atoms with Gasteiger partial charge in [0.2, 0.25) is 0 Å². The Morgan fingerprint density at radius 2 is 1.73 bits per heavy atom. The molecular formula is C22H20ClN3O3S. The first-order valence-corrected chi connectivity index (χ1v) is 11.0. The number of hydrazone groups is 1. The van der Waals surface area contributed by atoms with E-state index in [1.165, 1.54) is 30.3 Å². The summed E-state index contributed by atoms with van der Waals surface area (Å²) >= 11 is 5.90. The Morgan fingerprint density at radius 3 is 2.47 bits per heavy atom. The highest BCUT2D eigenvalue weighted by molar-refractivity contribution is 7.92. The lowest BCUT2D eigenvalue weighted by atomic mass is 10.0. The van der Waals surface area contributed by atoms with Crippen molar-refractivity contribution in [3.8, 4) is 0 Å². The number of halogens is 1. The summed E-state index contributed by atoms with van der Waals surface area (Å²) in [7, 11) is -3.88. The molecule has 0 saturated heterocycles. The van der Waals surface area contributed by atoms with Crippen LogP contribution in [0.4, 0.5) is 5.69 Å². The molecule has 1 amide bonds. The Bertz CT molecular complexity index is 1170. The number of carbonyl (C=O) groups is 1. The van der Waals surface area contributed by atoms with E-state index < -0.39 is 15.9 Å². The van der Waals surface area contributed by atoms with Crippen molar-refractivity contribution in [3.05, 3.63) is 95.0 Å². The summed E-state index contributed by atoms with van der Waals surface area (Å²) in [6.45, 7) is 1.96. The summed E-state index contributed by atoms with van der Waals surface area (Å²) in [4.78, 5) is 12.3. The molecule has 8 heteroatoms. The molecule has 3 aromatic rings. The number of sulfonamides is 1. The number of nitrogens with one attached hydrogen (secondary N) is 2. The second-order valence-electron chi connectivity index (χ2n) is 6.56. The van der Waals surface area contributed by atoms with Crippen LogP contribution in [0.3, 0.4) is 0 Å². The number of amides is 1. The van der Waals surface area contributed by atoms with Gasteiger partial charge in [-0.25, -0.2) is 13.8 Å². The van der Waals surface area contributed by atoms with Gasteiger partial charge in [-0.3, -0.25) is 9.52 Å². The summed E-state index contributed by atoms with van der Waals surface area (Å²) < 4.78 is 27.7. The predicted octanol–water partition coefficient (Wildman–Crippen LogP) is 4.66. The van der Waals surface area contributed by atoms with Gasteiger partial charge < -0.3 is 0 Å². The molecule has 0 heterocycles. The first-order valence-electron chi connectivity index (χ1n) is 9.12. The van der Waals surface area contributed by atoms with E-state index >= 15 is 0 Å². The molecule has 1 atom stereocenters. The van der Waals surface area contributed by atoms with Gasteiger partial charge in [-0.05, 0) is 42.0 Å². The first kappa shape index (κ1) is 21.5. The van der Waals surface area contributed by atoms with Crippen molar-refractivity contribution in [2.24, 2.45) is 5.10 Å². The molecule has 0 fully saturated rings. The number of anilines is 1. The standard InChI is InChI=1S/C22H20ClN3O3S/c1-16(17-7-3-2-4-8-17)15-24-25-22(27)18-9-5-12-21(13-18)30(28,29)26-20-11-6-10-19(23)14-20/h2-16,26H,1H3,(H,25,27). The fraction of sp³-hybridized carbons (Fsp3) is 0.0909. The van der Waals surface area contributed by atoms with Crippen molar-refractivity contribution < 1.29 is 13.2 Å². The van der Waals surface area contributed by atoms with Crippen LogP contribution in [-0.2, 0) is 10.0 Å². The third-order valence-electron chi connectivity index (χ3n) is 4.27. The largest absolute Gasteiger partial charge is 0.280 e. The Morgan fingerprint density at radius 1 is 1.00 bits per heavy atom. The molecule has 0 radical (unpaired) electrons. The highest BCUT2D eigenvalue weighted by atomic mass is 35.5. The molecule has 0 spiro atoms. The van der Waals surface area contributed by atoms with Gasteiger partial charge in [0.05, 0.1) is 10.6 Å². The van der Waals surface area contributed by atoms with Gasteiger partial charge in [0.25, 0.3) is 15.9 Å². The number of hydrogen-bond donors (Lipinski definition) is 2. The van der Waals surface area contributed by atoms with Crippen molar-refractivity contribution in [2.45, 2.75) is 17.7 Å². The smallest absolute Gasteiger partial charge is 0.271 e. The average molecular weight is 442 g/mol. The number of benzene rings is 3. The zero-order valence-electron chi connectivity index (χ0n) is 16.1. The minimum atomic E-state index is -3.88. The molecule has 1 unspecified atom stereocenters. The van der Waals surface area contributed by atoms with E-state index in [1.807, 2.05) is 37.3 Å². The van der Waals surface area contributed by atoms with Crippen LogP contribution in [0.1, 0.15) is 28.8 Å². The SMILES string of the molecule is CC(C=NNC(=O)c1cccc(S(=O)(=O)Nc2cccc(Cl)c2)c1)c1ccccc1. The van der Waals surface area contributed by atoms with Crippen molar-refractivity contribution in [3.63, 3.8) is 0 Å². The maximum Gasteiger partial charge on any atom is 0.271 e. The summed E-state index contributed by atoms with van der Waals surface area (Å²) in [5, 5.41) is 4.40. The van der Waals surface area contributed by atoms with E-state index in [1.54, 1.807) is 24.4 Å². The first-order chi connectivity index (χ1) is 14.3. The Kier molecular flexibility index (Phi) is 6.87. The fourth-order valence-electron chi connectivity index (χ4n) is 2.69. The molecule has 0 aliphatic rings. The van der Waals surface area contributed by atoms with Crippen molar-refractivity contribution in [1.82, 2.24) is 5.43 Å². The van der Waals surface area contributed by atoms with Gasteiger partial charge in [-0.1, -0.05) is 61.0 Å². The van der Waals surface area contributed by atoms with Crippen LogP contribution in [0.2, 0.25) is 5.02 Å². The molecule has 0 bridgehead atoms. The molecular weight excluding hydrogens is 422 g/mol. The lowest BCUT2D eigenvalue weighted by molar-refractivity contribution is 0.0955. The van der Waals surface area contributed by atoms with Gasteiger partial charge in [-0.2, -0.15) is 5.10 Å². The third-order valence-corrected chi connectivity index (χ3v) is 5.89. The predicted molar refractivity (Wildman–Crippen MR) is 120 cm³/mol. The number of hydrogen-bond acceptors (Lipinski definition) is 4. The molecule has 3 rings (SSSR count). The van der Waals surface area contributed by atoms with Crippen molar-refractivity contribution in [2.75, 3.05) is 4.72 Å². The van der Waals surface area contributed by atoms with Crippen LogP contribution in [0, 0.1) is 0 Å². The second kappa shape index (κ2) is 9.56. The highest BCUT2D eigenvalue weighted by Gasteiger charge is 2.16. The van der Waals surface area contributed by atoms with E-state index in [9.17, 15) is 13.2 Å². The third kappa shape index (κ3) is 5.68. The maximum atomic E-state index is 12.6. The Hall–Kier alpha value is -3.16. The molecule has 0 saturated carbocycles. The van der Waals surface area contributed by atoms with E-state index in [4.69, 9.17) is 11.6 Å². The van der Waals surface area contributed by atoms with Gasteiger partial charge in [0, 0.05) is 22.7 Å². The quantitative estimate of drug-likeness (QED) is 0.413. The molecule has 30 heavy (non-hydrogen) atoms. The molecule has 0 aliphatic carbocycles. The van der Waals surface area contributed by atoms with Crippen molar-refractivity contribution in [1.29, 1.82) is 0 Å². The maximum absolute atomic E-state index is 12.6. The lowest BCUT2D eigenvalue weighted by Gasteiger charge is -2.09. The Labute approximate surface area is 180 Å². The normalized spacial score (nSPS) is 12.5. The molecule has 2 N–H and O–H groups in total. The van der Waals surface area contributed by atoms with Crippen LogP contribution < -0.4 is 10.1 Å². The van der Waals surface area contributed by atoms with Crippen LogP contribution >= 0.6 is 11.6 Å². The van der Waals surface area contributed by atoms with E-state index in [2.05, 4.69) is 15.2 Å². The molecule has 6 nitrogen and oxygen atoms in total. The van der Waals surface area contributed by atoms with Gasteiger partial charge >= 0.3 is 0 Å². The van der Waals surface area contributed by atoms with E-state index in [0.29, 0.717) is 10.7 Å². The molecule has 0 aromatic heterocycles. The zero-order chi connectivity index (χ0) is 21.6. The van der Waals surface area contributed by atoms with Gasteiger partial charge in [0.15, 0.2) is 0 Å². The summed E-state index contributed by atoms with van der Waals surface area (Å²) in [6, 6.07) is 21.8. The lowest BCUT2D eigenvalue weighted by Crippen LogP contribution is -2.19. The summed E-state index contributed by atoms with van der Waals surface area (Å²) in [5.74, 6) is -0.494. The minimum Gasteiger partial charge on any atom is -0.280 e. The van der Waals surface area contributed by atoms with Crippen LogP contribution in [0.5, 0.6) is 0 Å². The van der Waals surface area contributed by atoms with Crippen LogP contribution in [0.25, 0.3) is 0 Å². The number of nitrogens with zero attached hydrogens (tertiary/aromatic N) is 1.